The molecule has 1 aromatic heterocycles. The predicted octanol–water partition coefficient (Wildman–Crippen LogP) is 4.37. The molecule has 1 aromatic rings. The van der Waals surface area contributed by atoms with Gasteiger partial charge < -0.3 is 24.5 Å². The van der Waals surface area contributed by atoms with Crippen LogP contribution in [-0.4, -0.2) is 50.9 Å². The van der Waals surface area contributed by atoms with Crippen LogP contribution < -0.4 is 5.63 Å². The van der Waals surface area contributed by atoms with Crippen LogP contribution in [0.2, 0.25) is 0 Å². The first-order valence-electron chi connectivity index (χ1n) is 15.4. The minimum absolute atomic E-state index is 0.151. The van der Waals surface area contributed by atoms with Crippen LogP contribution >= 0.6 is 0 Å². The number of carbonyl (C=O) groups excluding carboxylic acids is 2. The third kappa shape index (κ3) is 5.07. The molecule has 0 amide bonds. The number of aliphatic hydroxyl groups is 2. The summed E-state index contributed by atoms with van der Waals surface area (Å²) in [6, 6.07) is 3.00. The molecule has 4 aliphatic carbocycles. The molecule has 0 aliphatic heterocycles. The van der Waals surface area contributed by atoms with Crippen LogP contribution in [0, 0.1) is 28.6 Å². The minimum atomic E-state index is -1.27. The fraction of sp³-hybridized carbons (Fsp3) is 0.750. The number of unbranched alkanes of at least 4 members (excludes halogenated alkanes) is 3. The lowest BCUT2D eigenvalue weighted by Crippen LogP contribution is -2.70. The molecule has 4 saturated carbocycles. The number of Topliss-reactive ketones (excluding diaryl/α,β-unsaturated/α-hetero) is 1. The largest absolute Gasteiger partial charge is 0.481 e. The lowest BCUT2D eigenvalue weighted by molar-refractivity contribution is -0.229. The molecule has 4 fully saturated rings. The van der Waals surface area contributed by atoms with Gasteiger partial charge >= 0.3 is 17.6 Å². The predicted molar refractivity (Wildman–Crippen MR) is 148 cm³/mol. The summed E-state index contributed by atoms with van der Waals surface area (Å²) in [5, 5.41) is 32.7. The number of esters is 1. The van der Waals surface area contributed by atoms with Gasteiger partial charge in [0.1, 0.15) is 12.2 Å². The van der Waals surface area contributed by atoms with Gasteiger partial charge in [-0.05, 0) is 93.6 Å². The number of hydrogen-bond acceptors (Lipinski definition) is 8. The van der Waals surface area contributed by atoms with E-state index in [1.807, 2.05) is 0 Å². The third-order valence-electron chi connectivity index (χ3n) is 11.6. The molecule has 0 unspecified atom stereocenters. The van der Waals surface area contributed by atoms with Crippen LogP contribution in [-0.2, 0) is 19.1 Å². The Morgan fingerprint density at radius 1 is 1.00 bits per heavy atom. The molecule has 0 bridgehead atoms. The Morgan fingerprint density at radius 3 is 2.41 bits per heavy atom. The second kappa shape index (κ2) is 11.3. The summed E-state index contributed by atoms with van der Waals surface area (Å²) in [6.45, 7) is 3.93. The number of carbonyl (C=O) groups is 3. The first-order valence-corrected chi connectivity index (χ1v) is 15.4. The summed E-state index contributed by atoms with van der Waals surface area (Å²) >= 11 is 0. The number of hydrogen-bond donors (Lipinski definition) is 3. The zero-order chi connectivity index (χ0) is 29.6. The maximum atomic E-state index is 14.1. The van der Waals surface area contributed by atoms with Crippen molar-refractivity contribution in [2.45, 2.75) is 121 Å². The normalized spacial score (nSPS) is 39.9. The number of ether oxygens (including phenoxy) is 1. The van der Waals surface area contributed by atoms with E-state index in [-0.39, 0.29) is 53.4 Å². The van der Waals surface area contributed by atoms with Gasteiger partial charge in [-0.15, -0.1) is 0 Å². The highest BCUT2D eigenvalue weighted by Crippen LogP contribution is 2.69. The maximum absolute atomic E-state index is 14.1. The minimum Gasteiger partial charge on any atom is -0.481 e. The molecule has 226 valence electrons. The molecular weight excluding hydrogens is 528 g/mol. The van der Waals surface area contributed by atoms with Crippen molar-refractivity contribution in [2.24, 2.45) is 28.6 Å². The van der Waals surface area contributed by atoms with Gasteiger partial charge in [-0.3, -0.25) is 14.4 Å². The quantitative estimate of drug-likeness (QED) is 0.289. The molecule has 0 saturated heterocycles. The molecule has 4 aliphatic rings. The van der Waals surface area contributed by atoms with Crippen molar-refractivity contribution in [1.82, 2.24) is 0 Å². The molecule has 0 spiro atoms. The Kier molecular flexibility index (Phi) is 8.25. The summed E-state index contributed by atoms with van der Waals surface area (Å²) in [5.74, 6) is -2.14. The standard InChI is InChI=1S/C32H44O9/c1-30-15-13-21(41-26(36)8-6-4-3-5-7-24(33)34)17-20(30)10-11-23-27(30)28(37)29(38)31(2)22(14-16-32(23,31)39)19-9-12-25(35)40-18-19/h9,12,18,20-23,27-28,37,39H,3-8,10-11,13-17H2,1-2H3,(H,33,34)/t20-,21+,22-,23-,27-,28+,30+,31+,32+/m1/s1. The van der Waals surface area contributed by atoms with E-state index in [1.165, 1.54) is 12.3 Å². The molecule has 9 atom stereocenters. The molecule has 5 rings (SSSR count). The number of rotatable bonds is 9. The highest BCUT2D eigenvalue weighted by Gasteiger charge is 2.73. The fourth-order valence-electron chi connectivity index (χ4n) is 9.36. The summed E-state index contributed by atoms with van der Waals surface area (Å²) < 4.78 is 10.9. The van der Waals surface area contributed by atoms with Crippen molar-refractivity contribution in [1.29, 1.82) is 0 Å². The SMILES string of the molecule is C[C@]12CC[C@H](OC(=O)CCCCCCC(=O)O)C[C@H]1CC[C@@H]1[C@@H]2[C@H](O)C(=O)[C@]2(C)[C@@H](c3ccc(=O)oc3)CC[C@]12O. The first-order chi connectivity index (χ1) is 19.4. The van der Waals surface area contributed by atoms with Gasteiger partial charge in [0.25, 0.3) is 0 Å². The van der Waals surface area contributed by atoms with Crippen molar-refractivity contribution in [3.05, 3.63) is 34.4 Å². The van der Waals surface area contributed by atoms with Crippen molar-refractivity contribution in [3.8, 4) is 0 Å². The zero-order valence-electron chi connectivity index (χ0n) is 24.2. The van der Waals surface area contributed by atoms with Gasteiger partial charge in [-0.1, -0.05) is 19.8 Å². The number of fused-ring (bicyclic) bond motifs is 5. The van der Waals surface area contributed by atoms with Crippen LogP contribution in [0.4, 0.5) is 0 Å². The van der Waals surface area contributed by atoms with Crippen molar-refractivity contribution < 1.29 is 38.9 Å². The second-order valence-corrected chi connectivity index (χ2v) is 13.5. The van der Waals surface area contributed by atoms with E-state index in [0.29, 0.717) is 63.4 Å². The second-order valence-electron chi connectivity index (χ2n) is 13.5. The van der Waals surface area contributed by atoms with Crippen molar-refractivity contribution >= 4 is 17.7 Å². The molecular formula is C32H44O9. The van der Waals surface area contributed by atoms with Gasteiger partial charge in [-0.2, -0.15) is 0 Å². The van der Waals surface area contributed by atoms with E-state index in [4.69, 9.17) is 14.3 Å². The number of aliphatic carboxylic acids is 1. The molecule has 0 radical (unpaired) electrons. The Bertz CT molecular complexity index is 1200. The molecule has 0 aromatic carbocycles. The molecule has 9 heteroatoms. The Labute approximate surface area is 240 Å². The summed E-state index contributed by atoms with van der Waals surface area (Å²) in [4.78, 5) is 48.8. The highest BCUT2D eigenvalue weighted by atomic mass is 16.5. The fourth-order valence-corrected chi connectivity index (χ4v) is 9.36. The van der Waals surface area contributed by atoms with Crippen LogP contribution in [0.25, 0.3) is 0 Å². The summed E-state index contributed by atoms with van der Waals surface area (Å²) in [6.07, 6.45) is 7.92. The monoisotopic (exact) mass is 572 g/mol. The summed E-state index contributed by atoms with van der Waals surface area (Å²) in [7, 11) is 0. The van der Waals surface area contributed by atoms with Gasteiger partial charge in [-0.25, -0.2) is 4.79 Å². The topological polar surface area (TPSA) is 151 Å². The van der Waals surface area contributed by atoms with Crippen molar-refractivity contribution in [2.75, 3.05) is 0 Å². The lowest BCUT2D eigenvalue weighted by Gasteiger charge is -2.64. The number of aliphatic hydroxyl groups excluding tert-OH is 1. The van der Waals surface area contributed by atoms with E-state index in [1.54, 1.807) is 13.0 Å². The van der Waals surface area contributed by atoms with Gasteiger partial charge in [0.15, 0.2) is 5.78 Å². The van der Waals surface area contributed by atoms with Gasteiger partial charge in [0.05, 0.1) is 17.3 Å². The molecule has 41 heavy (non-hydrogen) atoms. The third-order valence-corrected chi connectivity index (χ3v) is 11.6. The van der Waals surface area contributed by atoms with Crippen LogP contribution in [0.5, 0.6) is 0 Å². The smallest absolute Gasteiger partial charge is 0.335 e. The first kappa shape index (κ1) is 30.0. The lowest BCUT2D eigenvalue weighted by atomic mass is 9.42. The number of carboxylic acid groups (broad SMARTS) is 1. The van der Waals surface area contributed by atoms with E-state index in [2.05, 4.69) is 6.92 Å². The Balaban J connectivity index is 1.25. The van der Waals surface area contributed by atoms with Crippen molar-refractivity contribution in [3.63, 3.8) is 0 Å². The van der Waals surface area contributed by atoms with Crippen LogP contribution in [0.1, 0.15) is 109 Å². The van der Waals surface area contributed by atoms with E-state index in [9.17, 15) is 29.4 Å². The molecule has 3 N–H and O–H groups in total. The Hall–Kier alpha value is -2.52. The van der Waals surface area contributed by atoms with E-state index in [0.717, 1.165) is 19.3 Å². The van der Waals surface area contributed by atoms with Crippen LogP contribution in [0.3, 0.4) is 0 Å². The van der Waals surface area contributed by atoms with Crippen LogP contribution in [0.15, 0.2) is 27.6 Å². The van der Waals surface area contributed by atoms with Gasteiger partial charge in [0, 0.05) is 30.7 Å². The Morgan fingerprint density at radius 2 is 1.73 bits per heavy atom. The highest BCUT2D eigenvalue weighted by molar-refractivity contribution is 5.93. The number of ketones is 1. The maximum Gasteiger partial charge on any atom is 0.335 e. The zero-order valence-corrected chi connectivity index (χ0v) is 24.2. The van der Waals surface area contributed by atoms with E-state index < -0.39 is 28.7 Å². The summed E-state index contributed by atoms with van der Waals surface area (Å²) in [5.41, 5.74) is -2.58. The molecule has 9 nitrogen and oxygen atoms in total. The average molecular weight is 573 g/mol. The average Bonchev–Trinajstić information content (AvgIpc) is 3.21. The van der Waals surface area contributed by atoms with Gasteiger partial charge in [0.2, 0.25) is 0 Å². The molecule has 1 heterocycles. The number of carboxylic acids is 1. The van der Waals surface area contributed by atoms with E-state index >= 15 is 0 Å².